The van der Waals surface area contributed by atoms with Gasteiger partial charge in [-0.3, -0.25) is 4.79 Å². The van der Waals surface area contributed by atoms with Crippen molar-refractivity contribution in [3.05, 3.63) is 42.2 Å². The summed E-state index contributed by atoms with van der Waals surface area (Å²) in [5.74, 6) is 0.313. The predicted molar refractivity (Wildman–Crippen MR) is 89.5 cm³/mol. The maximum atomic E-state index is 12.1. The highest BCUT2D eigenvalue weighted by molar-refractivity contribution is 6.03. The molecule has 0 saturated carbocycles. The lowest BCUT2D eigenvalue weighted by molar-refractivity contribution is 0.102. The number of carbonyl (C=O) groups is 1. The van der Waals surface area contributed by atoms with E-state index >= 15 is 0 Å². The van der Waals surface area contributed by atoms with Gasteiger partial charge in [0.05, 0.1) is 5.56 Å². The van der Waals surface area contributed by atoms with Crippen molar-refractivity contribution in [3.8, 4) is 0 Å². The van der Waals surface area contributed by atoms with Crippen molar-refractivity contribution in [2.24, 2.45) is 0 Å². The van der Waals surface area contributed by atoms with Gasteiger partial charge in [0.1, 0.15) is 0 Å². The van der Waals surface area contributed by atoms with E-state index in [4.69, 9.17) is 0 Å². The Hall–Kier alpha value is -2.63. The largest absolute Gasteiger partial charge is 0.378 e. The van der Waals surface area contributed by atoms with E-state index in [1.807, 2.05) is 43.3 Å². The molecule has 0 fully saturated rings. The molecule has 0 spiro atoms. The average molecular weight is 299 g/mol. The van der Waals surface area contributed by atoms with E-state index in [2.05, 4.69) is 27.5 Å². The van der Waals surface area contributed by atoms with Crippen LogP contribution in [-0.4, -0.2) is 36.5 Å². The minimum atomic E-state index is -0.223. The second-order valence-electron chi connectivity index (χ2n) is 5.12. The summed E-state index contributed by atoms with van der Waals surface area (Å²) in [6.45, 7) is 2.88. The summed E-state index contributed by atoms with van der Waals surface area (Å²) < 4.78 is 0. The Labute approximate surface area is 130 Å². The fourth-order valence-corrected chi connectivity index (χ4v) is 1.82. The monoisotopic (exact) mass is 299 g/mol. The third-order valence-electron chi connectivity index (χ3n) is 3.09. The van der Waals surface area contributed by atoms with Gasteiger partial charge in [-0.1, -0.05) is 6.92 Å². The topological polar surface area (TPSA) is 70.2 Å². The quantitative estimate of drug-likeness (QED) is 0.858. The van der Waals surface area contributed by atoms with Gasteiger partial charge in [-0.15, -0.1) is 0 Å². The van der Waals surface area contributed by atoms with E-state index in [-0.39, 0.29) is 5.91 Å². The molecule has 1 heterocycles. The molecule has 0 bridgehead atoms. The summed E-state index contributed by atoms with van der Waals surface area (Å²) in [7, 11) is 3.94. The molecule has 0 aliphatic carbocycles. The summed E-state index contributed by atoms with van der Waals surface area (Å²) in [5, 5.41) is 5.90. The van der Waals surface area contributed by atoms with Crippen molar-refractivity contribution < 1.29 is 4.79 Å². The van der Waals surface area contributed by atoms with Crippen LogP contribution in [0.4, 0.5) is 17.3 Å². The number of rotatable bonds is 6. The number of nitrogens with zero attached hydrogens (tertiary/aromatic N) is 3. The van der Waals surface area contributed by atoms with Crippen LogP contribution in [0.5, 0.6) is 0 Å². The van der Waals surface area contributed by atoms with Crippen molar-refractivity contribution in [3.63, 3.8) is 0 Å². The molecule has 0 saturated heterocycles. The van der Waals surface area contributed by atoms with E-state index in [9.17, 15) is 4.79 Å². The first-order chi connectivity index (χ1) is 10.6. The maximum Gasteiger partial charge on any atom is 0.258 e. The van der Waals surface area contributed by atoms with Crippen LogP contribution in [0.1, 0.15) is 23.7 Å². The Morgan fingerprint density at radius 1 is 1.14 bits per heavy atom. The number of anilines is 3. The summed E-state index contributed by atoms with van der Waals surface area (Å²) in [6.07, 6.45) is 4.04. The predicted octanol–water partition coefficient (Wildman–Crippen LogP) is 2.62. The molecule has 0 atom stereocenters. The van der Waals surface area contributed by atoms with Crippen LogP contribution in [0.15, 0.2) is 36.7 Å². The molecular weight excluding hydrogens is 278 g/mol. The first-order valence-electron chi connectivity index (χ1n) is 7.25. The SMILES string of the molecule is CCCNc1ncc(C(=O)Nc2ccc(N(C)C)cc2)cn1. The maximum absolute atomic E-state index is 12.1. The highest BCUT2D eigenvalue weighted by atomic mass is 16.1. The van der Waals surface area contributed by atoms with Gasteiger partial charge in [0.25, 0.3) is 5.91 Å². The van der Waals surface area contributed by atoms with Crippen LogP contribution in [0.25, 0.3) is 0 Å². The number of hydrogen-bond donors (Lipinski definition) is 2. The smallest absolute Gasteiger partial charge is 0.258 e. The summed E-state index contributed by atoms with van der Waals surface area (Å²) in [5.41, 5.74) is 2.25. The van der Waals surface area contributed by atoms with E-state index in [0.717, 1.165) is 24.3 Å². The van der Waals surface area contributed by atoms with Crippen molar-refractivity contribution in [2.45, 2.75) is 13.3 Å². The number of hydrogen-bond acceptors (Lipinski definition) is 5. The van der Waals surface area contributed by atoms with Crippen LogP contribution in [0.2, 0.25) is 0 Å². The van der Waals surface area contributed by atoms with Gasteiger partial charge >= 0.3 is 0 Å². The summed E-state index contributed by atoms with van der Waals surface area (Å²) in [6, 6.07) is 7.63. The standard InChI is InChI=1S/C16H21N5O/c1-4-9-17-16-18-10-12(11-19-16)15(22)20-13-5-7-14(8-6-13)21(2)3/h5-8,10-11H,4,9H2,1-3H3,(H,20,22)(H,17,18,19). The van der Waals surface area contributed by atoms with E-state index in [1.165, 1.54) is 12.4 Å². The van der Waals surface area contributed by atoms with Gasteiger partial charge in [-0.2, -0.15) is 0 Å². The molecule has 22 heavy (non-hydrogen) atoms. The lowest BCUT2D eigenvalue weighted by Crippen LogP contribution is -2.14. The number of nitrogens with one attached hydrogen (secondary N) is 2. The first kappa shape index (κ1) is 15.8. The molecular formula is C16H21N5O. The van der Waals surface area contributed by atoms with Gasteiger partial charge < -0.3 is 15.5 Å². The Morgan fingerprint density at radius 2 is 1.77 bits per heavy atom. The number of benzene rings is 1. The molecule has 0 aliphatic rings. The Balaban J connectivity index is 1.99. The van der Waals surface area contributed by atoms with E-state index < -0.39 is 0 Å². The van der Waals surface area contributed by atoms with Crippen LogP contribution in [0.3, 0.4) is 0 Å². The van der Waals surface area contributed by atoms with Gasteiger partial charge in [0.15, 0.2) is 0 Å². The molecule has 2 rings (SSSR count). The Morgan fingerprint density at radius 3 is 2.32 bits per heavy atom. The fraction of sp³-hybridized carbons (Fsp3) is 0.312. The molecule has 0 radical (unpaired) electrons. The zero-order valence-corrected chi connectivity index (χ0v) is 13.1. The van der Waals surface area contributed by atoms with Gasteiger partial charge in [-0.05, 0) is 30.7 Å². The minimum absolute atomic E-state index is 0.223. The highest BCUT2D eigenvalue weighted by Gasteiger charge is 2.08. The lowest BCUT2D eigenvalue weighted by Gasteiger charge is -2.13. The van der Waals surface area contributed by atoms with Crippen molar-refractivity contribution >= 4 is 23.2 Å². The van der Waals surface area contributed by atoms with Crippen molar-refractivity contribution in [1.82, 2.24) is 9.97 Å². The van der Waals surface area contributed by atoms with Crippen LogP contribution in [-0.2, 0) is 0 Å². The van der Waals surface area contributed by atoms with E-state index in [0.29, 0.717) is 11.5 Å². The third kappa shape index (κ3) is 4.18. The molecule has 1 aromatic carbocycles. The number of amides is 1. The van der Waals surface area contributed by atoms with Crippen molar-refractivity contribution in [2.75, 3.05) is 36.2 Å². The molecule has 6 nitrogen and oxygen atoms in total. The second kappa shape index (κ2) is 7.40. The second-order valence-corrected chi connectivity index (χ2v) is 5.12. The zero-order chi connectivity index (χ0) is 15.9. The Kier molecular flexibility index (Phi) is 5.30. The number of aromatic nitrogens is 2. The van der Waals surface area contributed by atoms with E-state index in [1.54, 1.807) is 0 Å². The zero-order valence-electron chi connectivity index (χ0n) is 13.1. The van der Waals surface area contributed by atoms with Crippen LogP contribution < -0.4 is 15.5 Å². The molecule has 1 amide bonds. The molecule has 1 aromatic heterocycles. The highest BCUT2D eigenvalue weighted by Crippen LogP contribution is 2.16. The lowest BCUT2D eigenvalue weighted by atomic mass is 10.2. The van der Waals surface area contributed by atoms with Crippen LogP contribution >= 0.6 is 0 Å². The minimum Gasteiger partial charge on any atom is -0.378 e. The average Bonchev–Trinajstić information content (AvgIpc) is 2.54. The normalized spacial score (nSPS) is 10.1. The fourth-order valence-electron chi connectivity index (χ4n) is 1.82. The van der Waals surface area contributed by atoms with Crippen molar-refractivity contribution in [1.29, 1.82) is 0 Å². The summed E-state index contributed by atoms with van der Waals surface area (Å²) in [4.78, 5) is 22.4. The molecule has 0 unspecified atom stereocenters. The molecule has 2 N–H and O–H groups in total. The third-order valence-corrected chi connectivity index (χ3v) is 3.09. The number of carbonyl (C=O) groups excluding carboxylic acids is 1. The summed E-state index contributed by atoms with van der Waals surface area (Å²) >= 11 is 0. The molecule has 116 valence electrons. The Bertz CT molecular complexity index is 607. The first-order valence-corrected chi connectivity index (χ1v) is 7.25. The molecule has 2 aromatic rings. The van der Waals surface area contributed by atoms with Gasteiger partial charge in [0.2, 0.25) is 5.95 Å². The van der Waals surface area contributed by atoms with Gasteiger partial charge in [-0.25, -0.2) is 9.97 Å². The molecule has 6 heteroatoms. The van der Waals surface area contributed by atoms with Gasteiger partial charge in [0, 0.05) is 44.4 Å². The van der Waals surface area contributed by atoms with Crippen LogP contribution in [0, 0.1) is 0 Å². The molecule has 0 aliphatic heterocycles.